The lowest BCUT2D eigenvalue weighted by atomic mass is 9.99. The fourth-order valence-electron chi connectivity index (χ4n) is 3.26. The van der Waals surface area contributed by atoms with Gasteiger partial charge in [-0.2, -0.15) is 0 Å². The first-order valence-electron chi connectivity index (χ1n) is 9.55. The molecule has 0 radical (unpaired) electrons. The number of aromatic nitrogens is 2. The van der Waals surface area contributed by atoms with Crippen LogP contribution in [0.15, 0.2) is 30.3 Å². The Bertz CT molecular complexity index is 811. The SMILES string of the molecule is CNc1cc(CC(NC(=O)C2CC2)c2cccc(C)c2)nc(C2CC2)n1. The van der Waals surface area contributed by atoms with Crippen molar-refractivity contribution in [3.05, 3.63) is 53.0 Å². The smallest absolute Gasteiger partial charge is 0.223 e. The van der Waals surface area contributed by atoms with Gasteiger partial charge in [0, 0.05) is 37.1 Å². The Hall–Kier alpha value is -2.43. The van der Waals surface area contributed by atoms with Crippen LogP contribution in [0.2, 0.25) is 0 Å². The van der Waals surface area contributed by atoms with Gasteiger partial charge in [0.05, 0.1) is 6.04 Å². The molecule has 2 fully saturated rings. The molecule has 0 aliphatic heterocycles. The number of benzene rings is 1. The van der Waals surface area contributed by atoms with Crippen LogP contribution < -0.4 is 10.6 Å². The van der Waals surface area contributed by atoms with Crippen LogP contribution in [0.5, 0.6) is 0 Å². The normalized spacial score (nSPS) is 17.6. The average Bonchev–Trinajstić information content (AvgIpc) is 3.52. The molecule has 136 valence electrons. The van der Waals surface area contributed by atoms with Gasteiger partial charge in [-0.15, -0.1) is 0 Å². The van der Waals surface area contributed by atoms with Crippen molar-refractivity contribution in [3.8, 4) is 0 Å². The maximum absolute atomic E-state index is 12.4. The minimum absolute atomic E-state index is 0.0605. The summed E-state index contributed by atoms with van der Waals surface area (Å²) in [6, 6.07) is 10.3. The molecule has 5 nitrogen and oxygen atoms in total. The summed E-state index contributed by atoms with van der Waals surface area (Å²) in [4.78, 5) is 21.8. The second-order valence-corrected chi connectivity index (χ2v) is 7.58. The zero-order valence-corrected chi connectivity index (χ0v) is 15.5. The fourth-order valence-corrected chi connectivity index (χ4v) is 3.26. The Morgan fingerprint density at radius 2 is 2.00 bits per heavy atom. The molecule has 2 saturated carbocycles. The molecule has 1 heterocycles. The quantitative estimate of drug-likeness (QED) is 0.802. The number of aryl methyl sites for hydroxylation is 1. The molecular formula is C21H26N4O. The Morgan fingerprint density at radius 3 is 2.65 bits per heavy atom. The molecule has 2 N–H and O–H groups in total. The molecule has 5 heteroatoms. The van der Waals surface area contributed by atoms with E-state index in [2.05, 4.69) is 46.8 Å². The number of nitrogens with zero attached hydrogens (tertiary/aromatic N) is 2. The van der Waals surface area contributed by atoms with Gasteiger partial charge >= 0.3 is 0 Å². The highest BCUT2D eigenvalue weighted by Crippen LogP contribution is 2.38. The molecule has 1 unspecified atom stereocenters. The van der Waals surface area contributed by atoms with Crippen LogP contribution in [0.1, 0.15) is 60.3 Å². The van der Waals surface area contributed by atoms with E-state index in [1.807, 2.05) is 13.1 Å². The molecule has 0 bridgehead atoms. The average molecular weight is 350 g/mol. The van der Waals surface area contributed by atoms with Crippen molar-refractivity contribution in [2.24, 2.45) is 5.92 Å². The molecule has 4 rings (SSSR count). The second kappa shape index (κ2) is 7.06. The summed E-state index contributed by atoms with van der Waals surface area (Å²) < 4.78 is 0. The largest absolute Gasteiger partial charge is 0.373 e. The minimum atomic E-state index is -0.0605. The van der Waals surface area contributed by atoms with Gasteiger partial charge in [-0.25, -0.2) is 9.97 Å². The van der Waals surface area contributed by atoms with E-state index in [0.29, 0.717) is 12.3 Å². The molecule has 1 aromatic carbocycles. The Balaban J connectivity index is 1.61. The third-order valence-electron chi connectivity index (χ3n) is 5.12. The zero-order valence-electron chi connectivity index (χ0n) is 15.5. The number of nitrogens with one attached hydrogen (secondary N) is 2. The van der Waals surface area contributed by atoms with Crippen LogP contribution in [-0.4, -0.2) is 22.9 Å². The first-order valence-corrected chi connectivity index (χ1v) is 9.55. The highest BCUT2D eigenvalue weighted by Gasteiger charge is 2.32. The van der Waals surface area contributed by atoms with Gasteiger partial charge in [0.2, 0.25) is 5.91 Å². The minimum Gasteiger partial charge on any atom is -0.373 e. The van der Waals surface area contributed by atoms with Crippen LogP contribution in [0.25, 0.3) is 0 Å². The van der Waals surface area contributed by atoms with E-state index >= 15 is 0 Å². The van der Waals surface area contributed by atoms with Crippen molar-refractivity contribution in [3.63, 3.8) is 0 Å². The Morgan fingerprint density at radius 1 is 1.19 bits per heavy atom. The van der Waals surface area contributed by atoms with Crippen molar-refractivity contribution in [2.45, 2.75) is 51.0 Å². The van der Waals surface area contributed by atoms with E-state index in [-0.39, 0.29) is 17.9 Å². The van der Waals surface area contributed by atoms with Crippen molar-refractivity contribution in [2.75, 3.05) is 12.4 Å². The summed E-state index contributed by atoms with van der Waals surface area (Å²) in [5.74, 6) is 2.65. The first-order chi connectivity index (χ1) is 12.6. The second-order valence-electron chi connectivity index (χ2n) is 7.58. The number of anilines is 1. The summed E-state index contributed by atoms with van der Waals surface area (Å²) in [5.41, 5.74) is 3.32. The van der Waals surface area contributed by atoms with Gasteiger partial charge in [-0.3, -0.25) is 4.79 Å². The van der Waals surface area contributed by atoms with Gasteiger partial charge < -0.3 is 10.6 Å². The first kappa shape index (κ1) is 17.0. The third-order valence-corrected chi connectivity index (χ3v) is 5.12. The van der Waals surface area contributed by atoms with Gasteiger partial charge in [0.15, 0.2) is 0 Å². The van der Waals surface area contributed by atoms with Crippen molar-refractivity contribution in [1.29, 1.82) is 0 Å². The number of carbonyl (C=O) groups is 1. The van der Waals surface area contributed by atoms with Crippen LogP contribution in [0.3, 0.4) is 0 Å². The highest BCUT2D eigenvalue weighted by atomic mass is 16.2. The molecule has 1 atom stereocenters. The lowest BCUT2D eigenvalue weighted by molar-refractivity contribution is -0.123. The van der Waals surface area contributed by atoms with Gasteiger partial charge in [-0.1, -0.05) is 29.8 Å². The lowest BCUT2D eigenvalue weighted by Gasteiger charge is -2.20. The van der Waals surface area contributed by atoms with Crippen LogP contribution in [0, 0.1) is 12.8 Å². The third kappa shape index (κ3) is 4.03. The molecule has 26 heavy (non-hydrogen) atoms. The Labute approximate surface area is 154 Å². The molecule has 0 saturated heterocycles. The van der Waals surface area contributed by atoms with Crippen LogP contribution in [0.4, 0.5) is 5.82 Å². The number of carbonyl (C=O) groups excluding carboxylic acids is 1. The topological polar surface area (TPSA) is 66.9 Å². The van der Waals surface area contributed by atoms with Crippen LogP contribution in [-0.2, 0) is 11.2 Å². The molecule has 2 aromatic rings. The fraction of sp³-hybridized carbons (Fsp3) is 0.476. The number of amides is 1. The van der Waals surface area contributed by atoms with E-state index in [9.17, 15) is 4.79 Å². The summed E-state index contributed by atoms with van der Waals surface area (Å²) in [5, 5.41) is 6.40. The van der Waals surface area contributed by atoms with E-state index in [1.165, 1.54) is 18.4 Å². The highest BCUT2D eigenvalue weighted by molar-refractivity contribution is 5.81. The molecule has 0 spiro atoms. The lowest BCUT2D eigenvalue weighted by Crippen LogP contribution is -2.31. The van der Waals surface area contributed by atoms with E-state index in [0.717, 1.165) is 35.7 Å². The molecule has 1 amide bonds. The Kier molecular flexibility index (Phi) is 4.62. The number of rotatable bonds is 7. The molecule has 2 aliphatic rings. The summed E-state index contributed by atoms with van der Waals surface area (Å²) in [6.07, 6.45) is 5.04. The summed E-state index contributed by atoms with van der Waals surface area (Å²) in [6.45, 7) is 2.08. The van der Waals surface area contributed by atoms with Gasteiger partial charge in [-0.05, 0) is 38.2 Å². The number of hydrogen-bond acceptors (Lipinski definition) is 4. The standard InChI is InChI=1S/C21H26N4O/c1-13-4-3-5-16(10-13)18(24-21(26)15-8-9-15)11-17-12-19(22-2)25-20(23-17)14-6-7-14/h3-5,10,12,14-15,18H,6-9,11H2,1-2H3,(H,24,26)(H,22,23,25). The zero-order chi connectivity index (χ0) is 18.1. The van der Waals surface area contributed by atoms with Crippen molar-refractivity contribution in [1.82, 2.24) is 15.3 Å². The monoisotopic (exact) mass is 350 g/mol. The van der Waals surface area contributed by atoms with E-state index < -0.39 is 0 Å². The molecule has 2 aliphatic carbocycles. The maximum atomic E-state index is 12.4. The van der Waals surface area contributed by atoms with Gasteiger partial charge in [0.1, 0.15) is 11.6 Å². The summed E-state index contributed by atoms with van der Waals surface area (Å²) in [7, 11) is 1.88. The van der Waals surface area contributed by atoms with Crippen molar-refractivity contribution >= 4 is 11.7 Å². The summed E-state index contributed by atoms with van der Waals surface area (Å²) >= 11 is 0. The number of hydrogen-bond donors (Lipinski definition) is 2. The predicted octanol–water partition coefficient (Wildman–Crippen LogP) is 3.51. The molecular weight excluding hydrogens is 324 g/mol. The van der Waals surface area contributed by atoms with Crippen LogP contribution >= 0.6 is 0 Å². The predicted molar refractivity (Wildman–Crippen MR) is 102 cm³/mol. The van der Waals surface area contributed by atoms with E-state index in [1.54, 1.807) is 0 Å². The van der Waals surface area contributed by atoms with Gasteiger partial charge in [0.25, 0.3) is 0 Å². The van der Waals surface area contributed by atoms with E-state index in [4.69, 9.17) is 4.98 Å². The van der Waals surface area contributed by atoms with Crippen molar-refractivity contribution < 1.29 is 4.79 Å². The maximum Gasteiger partial charge on any atom is 0.223 e. The molecule has 1 aromatic heterocycles.